The number of carbonyl (C=O) groups is 2. The van der Waals surface area contributed by atoms with Crippen molar-refractivity contribution >= 4 is 63.5 Å². The van der Waals surface area contributed by atoms with E-state index in [1.165, 1.54) is 11.0 Å². The van der Waals surface area contributed by atoms with Crippen LogP contribution in [-0.2, 0) is 4.79 Å². The average Bonchev–Trinajstić information content (AvgIpc) is 2.83. The Kier molecular flexibility index (Phi) is 4.71. The van der Waals surface area contributed by atoms with Crippen molar-refractivity contribution in [3.63, 3.8) is 0 Å². The quantitative estimate of drug-likeness (QED) is 0.634. The second-order valence-electron chi connectivity index (χ2n) is 4.89. The third kappa shape index (κ3) is 3.21. The van der Waals surface area contributed by atoms with Gasteiger partial charge in [-0.3, -0.25) is 9.69 Å². The summed E-state index contributed by atoms with van der Waals surface area (Å²) in [6.45, 7) is 0. The lowest BCUT2D eigenvalue weighted by Gasteiger charge is -2.14. The van der Waals surface area contributed by atoms with Crippen LogP contribution in [0.1, 0.15) is 15.9 Å². The van der Waals surface area contributed by atoms with Gasteiger partial charge in [-0.15, -0.1) is 0 Å². The SMILES string of the molecule is O=C(O)c1ccccc1/C=C1/SC(=S)N(c2ccc(Cl)cc2)C1=O. The third-order valence-corrected chi connectivity index (χ3v) is 4.91. The van der Waals surface area contributed by atoms with Gasteiger partial charge in [-0.1, -0.05) is 53.8 Å². The molecule has 2 aromatic rings. The number of carboxylic acid groups (broad SMARTS) is 1. The van der Waals surface area contributed by atoms with E-state index < -0.39 is 5.97 Å². The highest BCUT2D eigenvalue weighted by Gasteiger charge is 2.33. The minimum atomic E-state index is -1.05. The van der Waals surface area contributed by atoms with Crippen LogP contribution in [0.2, 0.25) is 5.02 Å². The number of aromatic carboxylic acids is 1. The number of thioether (sulfide) groups is 1. The lowest BCUT2D eigenvalue weighted by Crippen LogP contribution is -2.27. The molecule has 120 valence electrons. The highest BCUT2D eigenvalue weighted by atomic mass is 35.5. The molecule has 1 saturated heterocycles. The van der Waals surface area contributed by atoms with Crippen molar-refractivity contribution in [2.75, 3.05) is 4.90 Å². The molecule has 2 aromatic carbocycles. The van der Waals surface area contributed by atoms with Crippen LogP contribution in [0.4, 0.5) is 5.69 Å². The Morgan fingerprint density at radius 3 is 2.50 bits per heavy atom. The smallest absolute Gasteiger partial charge is 0.336 e. The summed E-state index contributed by atoms with van der Waals surface area (Å²) in [4.78, 5) is 25.7. The van der Waals surface area contributed by atoms with E-state index in [9.17, 15) is 14.7 Å². The molecule has 1 aliphatic rings. The van der Waals surface area contributed by atoms with Crippen LogP contribution in [0.5, 0.6) is 0 Å². The molecule has 24 heavy (non-hydrogen) atoms. The molecule has 7 heteroatoms. The van der Waals surface area contributed by atoms with Crippen LogP contribution in [0, 0.1) is 0 Å². The fourth-order valence-electron chi connectivity index (χ4n) is 2.24. The Morgan fingerprint density at radius 1 is 1.17 bits per heavy atom. The number of rotatable bonds is 3. The van der Waals surface area contributed by atoms with Crippen LogP contribution >= 0.6 is 35.6 Å². The molecule has 0 radical (unpaired) electrons. The van der Waals surface area contributed by atoms with Gasteiger partial charge < -0.3 is 5.11 Å². The van der Waals surface area contributed by atoms with Gasteiger partial charge in [0.05, 0.1) is 16.2 Å². The highest BCUT2D eigenvalue weighted by Crippen LogP contribution is 2.36. The number of carbonyl (C=O) groups excluding carboxylic acids is 1. The number of hydrogen-bond donors (Lipinski definition) is 1. The summed E-state index contributed by atoms with van der Waals surface area (Å²) in [5, 5.41) is 9.81. The van der Waals surface area contributed by atoms with Gasteiger partial charge in [0, 0.05) is 5.02 Å². The molecular weight excluding hydrogens is 366 g/mol. The van der Waals surface area contributed by atoms with Gasteiger partial charge in [-0.25, -0.2) is 4.79 Å². The van der Waals surface area contributed by atoms with Crippen LogP contribution in [0.25, 0.3) is 6.08 Å². The zero-order valence-corrected chi connectivity index (χ0v) is 14.5. The Balaban J connectivity index is 1.97. The predicted octanol–water partition coefficient (Wildman–Crippen LogP) is 4.44. The van der Waals surface area contributed by atoms with Gasteiger partial charge in [0.1, 0.15) is 0 Å². The molecule has 3 rings (SSSR count). The first-order valence-corrected chi connectivity index (χ1v) is 8.43. The summed E-state index contributed by atoms with van der Waals surface area (Å²) in [7, 11) is 0. The maximum absolute atomic E-state index is 12.7. The van der Waals surface area contributed by atoms with E-state index in [0.717, 1.165) is 11.8 Å². The molecule has 0 bridgehead atoms. The number of hydrogen-bond acceptors (Lipinski definition) is 4. The van der Waals surface area contributed by atoms with Crippen molar-refractivity contribution in [2.24, 2.45) is 0 Å². The number of halogens is 1. The van der Waals surface area contributed by atoms with Crippen molar-refractivity contribution in [1.82, 2.24) is 0 Å². The summed E-state index contributed by atoms with van der Waals surface area (Å²) < 4.78 is 0.390. The predicted molar refractivity (Wildman–Crippen MR) is 101 cm³/mol. The summed E-state index contributed by atoms with van der Waals surface area (Å²) in [5.74, 6) is -1.33. The number of thiocarbonyl (C=S) groups is 1. The molecule has 0 unspecified atom stereocenters. The van der Waals surface area contributed by atoms with Crippen LogP contribution in [0.15, 0.2) is 53.4 Å². The second kappa shape index (κ2) is 6.76. The largest absolute Gasteiger partial charge is 0.478 e. The van der Waals surface area contributed by atoms with Gasteiger partial charge in [0.15, 0.2) is 4.32 Å². The number of benzene rings is 2. The van der Waals surface area contributed by atoms with E-state index in [-0.39, 0.29) is 11.5 Å². The molecule has 0 spiro atoms. The van der Waals surface area contributed by atoms with Crippen LogP contribution < -0.4 is 4.90 Å². The van der Waals surface area contributed by atoms with E-state index in [2.05, 4.69) is 0 Å². The number of anilines is 1. The van der Waals surface area contributed by atoms with E-state index >= 15 is 0 Å². The Labute approximate surface area is 152 Å². The van der Waals surface area contributed by atoms with Gasteiger partial charge in [0.25, 0.3) is 5.91 Å². The molecule has 0 saturated carbocycles. The normalized spacial score (nSPS) is 16.0. The molecule has 1 heterocycles. The fourth-order valence-corrected chi connectivity index (χ4v) is 3.66. The molecule has 1 amide bonds. The Bertz CT molecular complexity index is 878. The Morgan fingerprint density at radius 2 is 1.83 bits per heavy atom. The summed E-state index contributed by atoms with van der Waals surface area (Å²) in [5.41, 5.74) is 1.22. The van der Waals surface area contributed by atoms with Crippen LogP contribution in [0.3, 0.4) is 0 Å². The minimum Gasteiger partial charge on any atom is -0.478 e. The minimum absolute atomic E-state index is 0.134. The molecule has 1 fully saturated rings. The van der Waals surface area contributed by atoms with E-state index in [4.69, 9.17) is 23.8 Å². The van der Waals surface area contributed by atoms with Crippen LogP contribution in [-0.4, -0.2) is 21.3 Å². The molecular formula is C17H10ClNO3S2. The second-order valence-corrected chi connectivity index (χ2v) is 7.00. The number of amides is 1. The van der Waals surface area contributed by atoms with Crippen molar-refractivity contribution in [1.29, 1.82) is 0 Å². The zero-order chi connectivity index (χ0) is 17.3. The zero-order valence-electron chi connectivity index (χ0n) is 12.1. The van der Waals surface area contributed by atoms with E-state index in [1.807, 2.05) is 0 Å². The summed E-state index contributed by atoms with van der Waals surface area (Å²) in [6.07, 6.45) is 1.55. The lowest BCUT2D eigenvalue weighted by atomic mass is 10.1. The maximum atomic E-state index is 12.7. The average molecular weight is 376 g/mol. The molecule has 1 N–H and O–H groups in total. The topological polar surface area (TPSA) is 57.6 Å². The monoisotopic (exact) mass is 375 g/mol. The fraction of sp³-hybridized carbons (Fsp3) is 0. The lowest BCUT2D eigenvalue weighted by molar-refractivity contribution is -0.113. The first-order chi connectivity index (χ1) is 11.5. The van der Waals surface area contributed by atoms with Gasteiger partial charge in [-0.2, -0.15) is 0 Å². The molecule has 1 aliphatic heterocycles. The molecule has 0 atom stereocenters. The van der Waals surface area contributed by atoms with Gasteiger partial charge >= 0.3 is 5.97 Å². The maximum Gasteiger partial charge on any atom is 0.336 e. The van der Waals surface area contributed by atoms with Crippen molar-refractivity contribution in [3.8, 4) is 0 Å². The number of nitrogens with zero attached hydrogens (tertiary/aromatic N) is 1. The summed E-state index contributed by atoms with van der Waals surface area (Å²) in [6, 6.07) is 13.3. The third-order valence-electron chi connectivity index (χ3n) is 3.36. The van der Waals surface area contributed by atoms with Gasteiger partial charge in [-0.05, 0) is 42.0 Å². The summed E-state index contributed by atoms with van der Waals surface area (Å²) >= 11 is 12.3. The molecule has 0 aromatic heterocycles. The molecule has 0 aliphatic carbocycles. The van der Waals surface area contributed by atoms with E-state index in [0.29, 0.717) is 25.5 Å². The first kappa shape index (κ1) is 16.7. The number of carboxylic acids is 1. The van der Waals surface area contributed by atoms with Crippen molar-refractivity contribution in [3.05, 3.63) is 69.6 Å². The highest BCUT2D eigenvalue weighted by molar-refractivity contribution is 8.27. The van der Waals surface area contributed by atoms with E-state index in [1.54, 1.807) is 48.5 Å². The first-order valence-electron chi connectivity index (χ1n) is 6.83. The standard InChI is InChI=1S/C17H10ClNO3S2/c18-11-5-7-12(8-6-11)19-15(20)14(24-17(19)23)9-10-3-1-2-4-13(10)16(21)22/h1-9H,(H,21,22)/b14-9+. The van der Waals surface area contributed by atoms with Crippen molar-refractivity contribution in [2.45, 2.75) is 0 Å². The Hall–Kier alpha value is -2.15. The van der Waals surface area contributed by atoms with Gasteiger partial charge in [0.2, 0.25) is 0 Å². The molecule has 4 nitrogen and oxygen atoms in total. The van der Waals surface area contributed by atoms with Crippen molar-refractivity contribution < 1.29 is 14.7 Å².